The Morgan fingerprint density at radius 1 is 1.24 bits per heavy atom. The van der Waals surface area contributed by atoms with Gasteiger partial charge in [-0.3, -0.25) is 14.5 Å². The second-order valence-electron chi connectivity index (χ2n) is 7.45. The number of aliphatic imine (C=N–C) groups is 1. The van der Waals surface area contributed by atoms with Crippen LogP contribution in [0.3, 0.4) is 0 Å². The average molecular weight is 466 g/mol. The highest BCUT2D eigenvalue weighted by molar-refractivity contribution is 7.80. The van der Waals surface area contributed by atoms with E-state index in [4.69, 9.17) is 26.1 Å². The predicted octanol–water partition coefficient (Wildman–Crippen LogP) is 2.84. The van der Waals surface area contributed by atoms with E-state index in [0.717, 1.165) is 5.56 Å². The van der Waals surface area contributed by atoms with Gasteiger partial charge in [0.15, 0.2) is 11.5 Å². The van der Waals surface area contributed by atoms with Gasteiger partial charge >= 0.3 is 0 Å². The zero-order valence-electron chi connectivity index (χ0n) is 18.2. The Kier molecular flexibility index (Phi) is 6.69. The van der Waals surface area contributed by atoms with Crippen molar-refractivity contribution in [2.75, 3.05) is 20.8 Å². The van der Waals surface area contributed by atoms with Crippen LogP contribution in [0.1, 0.15) is 11.3 Å². The number of ether oxygens (including phenoxy) is 2. The molecule has 0 saturated carbocycles. The molecule has 0 bridgehead atoms. The zero-order valence-corrected chi connectivity index (χ0v) is 19.1. The van der Waals surface area contributed by atoms with Gasteiger partial charge < -0.3 is 19.2 Å². The van der Waals surface area contributed by atoms with Crippen molar-refractivity contribution in [3.05, 3.63) is 71.7 Å². The summed E-state index contributed by atoms with van der Waals surface area (Å²) in [6.45, 7) is 0.655. The molecule has 1 atom stereocenters. The molecule has 2 aromatic rings. The summed E-state index contributed by atoms with van der Waals surface area (Å²) in [6.07, 6.45) is 7.06. The van der Waals surface area contributed by atoms with Crippen LogP contribution in [-0.4, -0.2) is 48.3 Å². The third-order valence-electron chi connectivity index (χ3n) is 5.42. The van der Waals surface area contributed by atoms with E-state index in [0.29, 0.717) is 41.5 Å². The zero-order chi connectivity index (χ0) is 23.4. The van der Waals surface area contributed by atoms with Crippen molar-refractivity contribution >= 4 is 34.9 Å². The lowest BCUT2D eigenvalue weighted by Gasteiger charge is -2.31. The van der Waals surface area contributed by atoms with E-state index in [1.54, 1.807) is 50.8 Å². The minimum absolute atomic E-state index is 0.159. The van der Waals surface area contributed by atoms with Crippen molar-refractivity contribution in [3.63, 3.8) is 0 Å². The largest absolute Gasteiger partial charge is 0.493 e. The first kappa shape index (κ1) is 22.5. The van der Waals surface area contributed by atoms with Crippen molar-refractivity contribution in [1.29, 1.82) is 0 Å². The SMILES string of the molecule is COc1ccc(CCN2C(=O)C3C=CC(C(=O)NCc4ccco4)=CC3=NC2=S)cc1OC. The van der Waals surface area contributed by atoms with Crippen LogP contribution in [0.2, 0.25) is 0 Å². The summed E-state index contributed by atoms with van der Waals surface area (Å²) in [6, 6.07) is 9.16. The number of benzene rings is 1. The standard InChI is InChI=1S/C24H23N3O5S/c1-30-20-8-5-15(12-21(20)31-2)9-10-27-23(29)18-7-6-16(13-19(18)26-24(27)33)22(28)25-14-17-4-3-11-32-17/h3-8,11-13,18H,9-10,14H2,1-2H3,(H,25,28). The fraction of sp³-hybridized carbons (Fsp3) is 0.250. The molecule has 2 heterocycles. The number of rotatable bonds is 8. The molecule has 33 heavy (non-hydrogen) atoms. The molecule has 1 aromatic carbocycles. The molecule has 1 aliphatic carbocycles. The molecule has 1 aromatic heterocycles. The van der Waals surface area contributed by atoms with Gasteiger partial charge in [0, 0.05) is 12.1 Å². The molecule has 2 amide bonds. The van der Waals surface area contributed by atoms with Gasteiger partial charge in [0.2, 0.25) is 11.0 Å². The monoisotopic (exact) mass is 465 g/mol. The van der Waals surface area contributed by atoms with E-state index in [1.165, 1.54) is 4.90 Å². The number of nitrogens with zero attached hydrogens (tertiary/aromatic N) is 2. The van der Waals surface area contributed by atoms with E-state index >= 15 is 0 Å². The number of allylic oxidation sites excluding steroid dienone is 1. The van der Waals surface area contributed by atoms with Crippen LogP contribution in [0, 0.1) is 5.92 Å². The molecule has 2 aliphatic rings. The first-order valence-electron chi connectivity index (χ1n) is 10.4. The van der Waals surface area contributed by atoms with E-state index < -0.39 is 5.92 Å². The van der Waals surface area contributed by atoms with E-state index in [2.05, 4.69) is 10.3 Å². The normalized spacial score (nSPS) is 17.3. The molecule has 4 rings (SSSR count). The molecule has 170 valence electrons. The number of carbonyl (C=O) groups is 2. The fourth-order valence-corrected chi connectivity index (χ4v) is 3.93. The van der Waals surface area contributed by atoms with Crippen molar-refractivity contribution in [2.24, 2.45) is 10.9 Å². The van der Waals surface area contributed by atoms with Gasteiger partial charge in [-0.2, -0.15) is 0 Å². The Bertz CT molecular complexity index is 1170. The Labute approximate surface area is 196 Å². The summed E-state index contributed by atoms with van der Waals surface area (Å²) in [5, 5.41) is 2.97. The number of fused-ring (bicyclic) bond motifs is 1. The van der Waals surface area contributed by atoms with E-state index in [1.807, 2.05) is 18.2 Å². The van der Waals surface area contributed by atoms with Crippen LogP contribution >= 0.6 is 12.2 Å². The van der Waals surface area contributed by atoms with Gasteiger partial charge in [0.05, 0.1) is 38.7 Å². The molecular weight excluding hydrogens is 442 g/mol. The molecule has 8 nitrogen and oxygen atoms in total. The highest BCUT2D eigenvalue weighted by Gasteiger charge is 2.35. The maximum Gasteiger partial charge on any atom is 0.251 e. The number of amides is 2. The fourth-order valence-electron chi connectivity index (χ4n) is 3.65. The van der Waals surface area contributed by atoms with Gasteiger partial charge in [0.1, 0.15) is 5.76 Å². The average Bonchev–Trinajstić information content (AvgIpc) is 3.35. The van der Waals surface area contributed by atoms with Crippen molar-refractivity contribution in [2.45, 2.75) is 13.0 Å². The van der Waals surface area contributed by atoms with Crippen molar-refractivity contribution in [3.8, 4) is 11.5 Å². The Morgan fingerprint density at radius 2 is 2.06 bits per heavy atom. The second-order valence-corrected chi connectivity index (χ2v) is 7.81. The third kappa shape index (κ3) is 4.88. The summed E-state index contributed by atoms with van der Waals surface area (Å²) >= 11 is 5.39. The summed E-state index contributed by atoms with van der Waals surface area (Å²) in [5.74, 6) is 0.914. The Morgan fingerprint density at radius 3 is 2.79 bits per heavy atom. The third-order valence-corrected chi connectivity index (χ3v) is 5.73. The summed E-state index contributed by atoms with van der Waals surface area (Å²) in [5.41, 5.74) is 1.86. The number of thiocarbonyl (C=S) groups is 1. The summed E-state index contributed by atoms with van der Waals surface area (Å²) in [7, 11) is 3.16. The van der Waals surface area contributed by atoms with E-state index in [9.17, 15) is 9.59 Å². The molecule has 1 aliphatic heterocycles. The molecule has 0 spiro atoms. The lowest BCUT2D eigenvalue weighted by molar-refractivity contribution is -0.128. The Hall–Kier alpha value is -3.72. The molecule has 1 N–H and O–H groups in total. The number of furan rings is 1. The molecule has 9 heteroatoms. The quantitative estimate of drug-likeness (QED) is 0.603. The van der Waals surface area contributed by atoms with Crippen LogP contribution in [-0.2, 0) is 22.6 Å². The van der Waals surface area contributed by atoms with E-state index in [-0.39, 0.29) is 23.5 Å². The lowest BCUT2D eigenvalue weighted by Crippen LogP contribution is -2.47. The highest BCUT2D eigenvalue weighted by Crippen LogP contribution is 2.28. The summed E-state index contributed by atoms with van der Waals surface area (Å²) in [4.78, 5) is 31.5. The molecule has 0 fully saturated rings. The smallest absolute Gasteiger partial charge is 0.251 e. The van der Waals surface area contributed by atoms with Crippen LogP contribution < -0.4 is 14.8 Å². The maximum absolute atomic E-state index is 13.1. The van der Waals surface area contributed by atoms with Crippen LogP contribution in [0.25, 0.3) is 0 Å². The highest BCUT2D eigenvalue weighted by atomic mass is 32.1. The van der Waals surface area contributed by atoms with Crippen LogP contribution in [0.5, 0.6) is 11.5 Å². The molecule has 1 unspecified atom stereocenters. The second kappa shape index (κ2) is 9.83. The number of nitrogens with one attached hydrogen (secondary N) is 1. The minimum atomic E-state index is -0.566. The molecular formula is C24H23N3O5S. The predicted molar refractivity (Wildman–Crippen MR) is 126 cm³/mol. The van der Waals surface area contributed by atoms with Gasteiger partial charge in [-0.05, 0) is 54.5 Å². The molecule has 0 radical (unpaired) electrons. The number of carbonyl (C=O) groups excluding carboxylic acids is 2. The van der Waals surface area contributed by atoms with Crippen molar-refractivity contribution in [1.82, 2.24) is 10.2 Å². The topological polar surface area (TPSA) is 93.4 Å². The lowest BCUT2D eigenvalue weighted by atomic mass is 9.91. The van der Waals surface area contributed by atoms with Gasteiger partial charge in [-0.1, -0.05) is 18.2 Å². The Balaban J connectivity index is 1.42. The van der Waals surface area contributed by atoms with Crippen LogP contribution in [0.4, 0.5) is 0 Å². The minimum Gasteiger partial charge on any atom is -0.493 e. The summed E-state index contributed by atoms with van der Waals surface area (Å²) < 4.78 is 15.8. The van der Waals surface area contributed by atoms with Crippen molar-refractivity contribution < 1.29 is 23.5 Å². The number of methoxy groups -OCH3 is 2. The first-order chi connectivity index (χ1) is 16.0. The maximum atomic E-state index is 13.1. The van der Waals surface area contributed by atoms with Gasteiger partial charge in [0.25, 0.3) is 5.91 Å². The first-order valence-corrected chi connectivity index (χ1v) is 10.8. The molecule has 0 saturated heterocycles. The number of hydrogen-bond acceptors (Lipinski definition) is 6. The van der Waals surface area contributed by atoms with Gasteiger partial charge in [-0.15, -0.1) is 0 Å². The van der Waals surface area contributed by atoms with Gasteiger partial charge in [-0.25, -0.2) is 4.99 Å². The number of hydrogen-bond donors (Lipinski definition) is 1. The van der Waals surface area contributed by atoms with Crippen LogP contribution in [0.15, 0.2) is 69.8 Å².